The normalized spacial score (nSPS) is 13.9. The van der Waals surface area contributed by atoms with Crippen LogP contribution in [0.5, 0.6) is 0 Å². The van der Waals surface area contributed by atoms with Crippen LogP contribution >= 0.6 is 11.6 Å². The van der Waals surface area contributed by atoms with Crippen LogP contribution < -0.4 is 4.90 Å². The van der Waals surface area contributed by atoms with Crippen LogP contribution in [-0.4, -0.2) is 35.9 Å². The van der Waals surface area contributed by atoms with Crippen LogP contribution in [0.4, 0.5) is 5.69 Å². The third-order valence-corrected chi connectivity index (χ3v) is 6.08. The Morgan fingerprint density at radius 3 is 2.58 bits per heavy atom. The van der Waals surface area contributed by atoms with E-state index in [9.17, 15) is 4.79 Å². The molecule has 0 unspecified atom stereocenters. The molecule has 1 aromatic heterocycles. The van der Waals surface area contributed by atoms with Crippen LogP contribution in [0.2, 0.25) is 5.02 Å². The summed E-state index contributed by atoms with van der Waals surface area (Å²) in [5.74, 6) is 1.23. The van der Waals surface area contributed by atoms with E-state index in [2.05, 4.69) is 34.1 Å². The van der Waals surface area contributed by atoms with Crippen LogP contribution in [-0.2, 0) is 17.8 Å². The fraction of sp³-hybridized carbons (Fsp3) is 0.360. The highest BCUT2D eigenvalue weighted by atomic mass is 35.5. The summed E-state index contributed by atoms with van der Waals surface area (Å²) in [5, 5.41) is 0.618. The number of aryl methyl sites for hydroxylation is 1. The van der Waals surface area contributed by atoms with E-state index < -0.39 is 0 Å². The molecule has 6 heteroatoms. The van der Waals surface area contributed by atoms with E-state index in [1.165, 1.54) is 24.9 Å². The average Bonchev–Trinajstić information content (AvgIpc) is 3.27. The number of piperidine rings is 1. The summed E-state index contributed by atoms with van der Waals surface area (Å²) in [6.45, 7) is 2.86. The minimum absolute atomic E-state index is 0.0672. The maximum absolute atomic E-state index is 12.6. The molecule has 0 bridgehead atoms. The van der Waals surface area contributed by atoms with Gasteiger partial charge in [-0.05, 0) is 49.1 Å². The summed E-state index contributed by atoms with van der Waals surface area (Å²) < 4.78 is 5.80. The molecule has 0 saturated carbocycles. The lowest BCUT2D eigenvalue weighted by atomic mass is 10.1. The lowest BCUT2D eigenvalue weighted by molar-refractivity contribution is -0.130. The van der Waals surface area contributed by atoms with Gasteiger partial charge in [-0.3, -0.25) is 4.79 Å². The summed E-state index contributed by atoms with van der Waals surface area (Å²) >= 11 is 6.22. The van der Waals surface area contributed by atoms with Crippen molar-refractivity contribution in [2.24, 2.45) is 0 Å². The number of rotatable bonds is 7. The molecule has 3 aromatic rings. The van der Waals surface area contributed by atoms with Gasteiger partial charge in [-0.1, -0.05) is 35.9 Å². The number of oxazole rings is 1. The molecule has 0 N–H and O–H groups in total. The molecule has 4 rings (SSSR count). The number of benzene rings is 2. The minimum Gasteiger partial charge on any atom is -0.441 e. The standard InChI is InChI=1S/C25H28ClN3O2/c1-28(18-19-9-11-20(12-10-19)29-15-5-2-6-16-29)25(30)14-13-24-27-17-23(31-24)21-7-3-4-8-22(21)26/h3-4,7-12,17H,2,5-6,13-16,18H2,1H3. The van der Waals surface area contributed by atoms with Crippen LogP contribution in [0, 0.1) is 0 Å². The Balaban J connectivity index is 1.28. The number of carbonyl (C=O) groups is 1. The third kappa shape index (κ3) is 5.47. The van der Waals surface area contributed by atoms with E-state index in [4.69, 9.17) is 16.0 Å². The molecule has 0 radical (unpaired) electrons. The van der Waals surface area contributed by atoms with Crippen LogP contribution in [0.3, 0.4) is 0 Å². The predicted molar refractivity (Wildman–Crippen MR) is 124 cm³/mol. The maximum Gasteiger partial charge on any atom is 0.223 e. The van der Waals surface area contributed by atoms with E-state index in [1.54, 1.807) is 11.1 Å². The Hall–Kier alpha value is -2.79. The molecule has 2 heterocycles. The van der Waals surface area contributed by atoms with E-state index in [1.807, 2.05) is 31.3 Å². The Morgan fingerprint density at radius 1 is 1.10 bits per heavy atom. The zero-order chi connectivity index (χ0) is 21.6. The Kier molecular flexibility index (Phi) is 6.92. The molecule has 0 aliphatic carbocycles. The molecule has 0 spiro atoms. The van der Waals surface area contributed by atoms with Crippen LogP contribution in [0.15, 0.2) is 59.1 Å². The molecule has 1 amide bonds. The fourth-order valence-corrected chi connectivity index (χ4v) is 4.17. The van der Waals surface area contributed by atoms with Crippen molar-refractivity contribution in [3.63, 3.8) is 0 Å². The summed E-state index contributed by atoms with van der Waals surface area (Å²) in [6.07, 6.45) is 6.34. The SMILES string of the molecule is CN(Cc1ccc(N2CCCCC2)cc1)C(=O)CCc1ncc(-c2ccccc2Cl)o1. The van der Waals surface area contributed by atoms with Crippen molar-refractivity contribution in [3.8, 4) is 11.3 Å². The second kappa shape index (κ2) is 10.0. The number of nitrogens with zero attached hydrogens (tertiary/aromatic N) is 3. The van der Waals surface area contributed by atoms with Gasteiger partial charge in [-0.25, -0.2) is 4.98 Å². The van der Waals surface area contributed by atoms with Crippen molar-refractivity contribution >= 4 is 23.2 Å². The van der Waals surface area contributed by atoms with E-state index in [-0.39, 0.29) is 5.91 Å². The lowest BCUT2D eigenvalue weighted by Crippen LogP contribution is -2.29. The third-order valence-electron chi connectivity index (χ3n) is 5.75. The second-order valence-corrected chi connectivity index (χ2v) is 8.47. The number of anilines is 1. The summed E-state index contributed by atoms with van der Waals surface area (Å²) in [4.78, 5) is 21.1. The molecule has 5 nitrogen and oxygen atoms in total. The number of carbonyl (C=O) groups excluding carboxylic acids is 1. The molecular weight excluding hydrogens is 410 g/mol. The predicted octanol–water partition coefficient (Wildman–Crippen LogP) is 5.58. The molecule has 1 saturated heterocycles. The highest BCUT2D eigenvalue weighted by Gasteiger charge is 2.15. The first kappa shape index (κ1) is 21.4. The van der Waals surface area contributed by atoms with Crippen molar-refractivity contribution < 1.29 is 9.21 Å². The first-order valence-electron chi connectivity index (χ1n) is 10.9. The van der Waals surface area contributed by atoms with Crippen molar-refractivity contribution in [3.05, 3.63) is 71.2 Å². The average molecular weight is 438 g/mol. The first-order valence-corrected chi connectivity index (χ1v) is 11.3. The topological polar surface area (TPSA) is 49.6 Å². The molecule has 31 heavy (non-hydrogen) atoms. The van der Waals surface area contributed by atoms with Crippen molar-refractivity contribution in [1.82, 2.24) is 9.88 Å². The van der Waals surface area contributed by atoms with Gasteiger partial charge in [0.05, 0.1) is 11.2 Å². The summed E-state index contributed by atoms with van der Waals surface area (Å²) in [6, 6.07) is 16.1. The smallest absolute Gasteiger partial charge is 0.223 e. The number of aromatic nitrogens is 1. The van der Waals surface area contributed by atoms with Crippen LogP contribution in [0.1, 0.15) is 37.1 Å². The number of amides is 1. The molecular formula is C25H28ClN3O2. The van der Waals surface area contributed by atoms with Gasteiger partial charge in [0, 0.05) is 50.8 Å². The minimum atomic E-state index is 0.0672. The maximum atomic E-state index is 12.6. The van der Waals surface area contributed by atoms with Crippen molar-refractivity contribution in [2.75, 3.05) is 25.0 Å². The van der Waals surface area contributed by atoms with Gasteiger partial charge >= 0.3 is 0 Å². The Bertz CT molecular complexity index is 1010. The lowest BCUT2D eigenvalue weighted by Gasteiger charge is -2.29. The Morgan fingerprint density at radius 2 is 1.84 bits per heavy atom. The van der Waals surface area contributed by atoms with E-state index in [0.717, 1.165) is 24.2 Å². The van der Waals surface area contributed by atoms with Crippen molar-refractivity contribution in [2.45, 2.75) is 38.6 Å². The molecule has 1 aliphatic rings. The molecule has 162 valence electrons. The molecule has 1 aliphatic heterocycles. The van der Waals surface area contributed by atoms with Gasteiger partial charge < -0.3 is 14.2 Å². The first-order chi connectivity index (χ1) is 15.1. The number of hydrogen-bond donors (Lipinski definition) is 0. The highest BCUT2D eigenvalue weighted by molar-refractivity contribution is 6.33. The van der Waals surface area contributed by atoms with Gasteiger partial charge in [0.2, 0.25) is 5.91 Å². The monoisotopic (exact) mass is 437 g/mol. The zero-order valence-corrected chi connectivity index (χ0v) is 18.6. The Labute approximate surface area is 188 Å². The van der Waals surface area contributed by atoms with E-state index in [0.29, 0.717) is 36.1 Å². The van der Waals surface area contributed by atoms with Gasteiger partial charge in [0.25, 0.3) is 0 Å². The zero-order valence-electron chi connectivity index (χ0n) is 17.9. The molecule has 0 atom stereocenters. The van der Waals surface area contributed by atoms with Gasteiger partial charge in [0.1, 0.15) is 0 Å². The van der Waals surface area contributed by atoms with Crippen LogP contribution in [0.25, 0.3) is 11.3 Å². The highest BCUT2D eigenvalue weighted by Crippen LogP contribution is 2.28. The summed E-state index contributed by atoms with van der Waals surface area (Å²) in [5.41, 5.74) is 3.21. The number of halogens is 1. The molecule has 2 aromatic carbocycles. The van der Waals surface area contributed by atoms with Gasteiger partial charge in [0.15, 0.2) is 11.7 Å². The van der Waals surface area contributed by atoms with Crippen molar-refractivity contribution in [1.29, 1.82) is 0 Å². The number of hydrogen-bond acceptors (Lipinski definition) is 4. The summed E-state index contributed by atoms with van der Waals surface area (Å²) in [7, 11) is 1.84. The van der Waals surface area contributed by atoms with Gasteiger partial charge in [-0.15, -0.1) is 0 Å². The largest absolute Gasteiger partial charge is 0.441 e. The van der Waals surface area contributed by atoms with Gasteiger partial charge in [-0.2, -0.15) is 0 Å². The molecule has 1 fully saturated rings. The quantitative estimate of drug-likeness (QED) is 0.484. The van der Waals surface area contributed by atoms with E-state index >= 15 is 0 Å². The fourth-order valence-electron chi connectivity index (χ4n) is 3.94. The second-order valence-electron chi connectivity index (χ2n) is 8.06.